The summed E-state index contributed by atoms with van der Waals surface area (Å²) in [5.41, 5.74) is 3.91. The van der Waals surface area contributed by atoms with Crippen LogP contribution in [0.4, 0.5) is 11.4 Å². The van der Waals surface area contributed by atoms with E-state index >= 15 is 0 Å². The number of esters is 1. The number of para-hydroxylation sites is 2. The van der Waals surface area contributed by atoms with Gasteiger partial charge in [-0.05, 0) is 48.4 Å². The lowest BCUT2D eigenvalue weighted by Gasteiger charge is -2.34. The molecule has 1 aromatic heterocycles. The first kappa shape index (κ1) is 21.7. The lowest BCUT2D eigenvalue weighted by atomic mass is 9.80. The van der Waals surface area contributed by atoms with Gasteiger partial charge >= 0.3 is 5.97 Å². The van der Waals surface area contributed by atoms with Crippen molar-refractivity contribution in [2.24, 2.45) is 0 Å². The van der Waals surface area contributed by atoms with Crippen LogP contribution in [0.1, 0.15) is 53.4 Å². The van der Waals surface area contributed by atoms with E-state index in [1.54, 1.807) is 35.4 Å². The molecule has 0 unspecified atom stereocenters. The topological polar surface area (TPSA) is 88.8 Å². The third-order valence-electron chi connectivity index (χ3n) is 6.42. The van der Waals surface area contributed by atoms with E-state index in [4.69, 9.17) is 9.15 Å². The Balaban J connectivity index is 1.68. The first-order valence-electron chi connectivity index (χ1n) is 11.1. The van der Waals surface area contributed by atoms with E-state index in [0.717, 1.165) is 22.7 Å². The summed E-state index contributed by atoms with van der Waals surface area (Å²) < 4.78 is 10.4. The van der Waals surface area contributed by atoms with Gasteiger partial charge in [0.25, 0.3) is 0 Å². The maximum atomic E-state index is 13.7. The molecule has 7 heteroatoms. The van der Waals surface area contributed by atoms with Gasteiger partial charge in [0.1, 0.15) is 5.76 Å². The molecule has 0 fully saturated rings. The van der Waals surface area contributed by atoms with E-state index in [-0.39, 0.29) is 24.0 Å². The number of allylic oxidation sites excluding steroid dienone is 1. The van der Waals surface area contributed by atoms with Gasteiger partial charge in [0.15, 0.2) is 5.78 Å². The molecule has 34 heavy (non-hydrogen) atoms. The number of carbonyl (C=O) groups is 3. The molecule has 172 valence electrons. The highest BCUT2D eigenvalue weighted by Gasteiger charge is 2.41. The van der Waals surface area contributed by atoms with E-state index in [9.17, 15) is 14.4 Å². The third kappa shape index (κ3) is 3.69. The Bertz CT molecular complexity index is 1290. The molecule has 1 amide bonds. The van der Waals surface area contributed by atoms with Gasteiger partial charge in [-0.3, -0.25) is 14.5 Å². The highest BCUT2D eigenvalue weighted by molar-refractivity contribution is 6.06. The number of nitrogens with one attached hydrogen (secondary N) is 1. The summed E-state index contributed by atoms with van der Waals surface area (Å²) >= 11 is 0. The Morgan fingerprint density at radius 3 is 2.47 bits per heavy atom. The lowest BCUT2D eigenvalue weighted by molar-refractivity contribution is -0.117. The molecular formula is C27H24N2O5. The molecule has 3 aromatic rings. The lowest BCUT2D eigenvalue weighted by Crippen LogP contribution is -2.37. The molecule has 1 aliphatic carbocycles. The van der Waals surface area contributed by atoms with Gasteiger partial charge in [0.2, 0.25) is 5.91 Å². The smallest absolute Gasteiger partial charge is 0.337 e. The van der Waals surface area contributed by atoms with Crippen LogP contribution in [0.25, 0.3) is 0 Å². The van der Waals surface area contributed by atoms with Crippen molar-refractivity contribution in [2.45, 2.75) is 31.7 Å². The molecule has 1 N–H and O–H groups in total. The van der Waals surface area contributed by atoms with E-state index in [2.05, 4.69) is 5.32 Å². The molecule has 0 saturated heterocycles. The number of rotatable bonds is 3. The molecule has 0 saturated carbocycles. The van der Waals surface area contributed by atoms with Gasteiger partial charge in [-0.25, -0.2) is 4.79 Å². The van der Waals surface area contributed by atoms with Gasteiger partial charge in [-0.1, -0.05) is 24.3 Å². The number of ketones is 1. The molecule has 5 rings (SSSR count). The second kappa shape index (κ2) is 8.67. The summed E-state index contributed by atoms with van der Waals surface area (Å²) in [7, 11) is 1.33. The van der Waals surface area contributed by atoms with Crippen LogP contribution in [0.2, 0.25) is 0 Å². The zero-order valence-electron chi connectivity index (χ0n) is 18.9. The zero-order valence-corrected chi connectivity index (χ0v) is 18.9. The second-order valence-corrected chi connectivity index (χ2v) is 8.48. The summed E-state index contributed by atoms with van der Waals surface area (Å²) in [5, 5.41) is 3.46. The van der Waals surface area contributed by atoms with Gasteiger partial charge in [-0.15, -0.1) is 0 Å². The average Bonchev–Trinajstić information content (AvgIpc) is 3.33. The molecular weight excluding hydrogens is 432 g/mol. The minimum Gasteiger partial charge on any atom is -0.469 e. The Hall–Kier alpha value is -4.13. The summed E-state index contributed by atoms with van der Waals surface area (Å²) in [5.74, 6) is -0.00572. The number of anilines is 2. The van der Waals surface area contributed by atoms with Crippen molar-refractivity contribution in [1.29, 1.82) is 0 Å². The minimum atomic E-state index is -0.639. The van der Waals surface area contributed by atoms with Crippen molar-refractivity contribution < 1.29 is 23.5 Å². The normalized spacial score (nSPS) is 19.6. The molecule has 2 heterocycles. The summed E-state index contributed by atoms with van der Waals surface area (Å²) in [6.07, 6.45) is 2.47. The molecule has 0 bridgehead atoms. The minimum absolute atomic E-state index is 0.0451. The maximum Gasteiger partial charge on any atom is 0.337 e. The fourth-order valence-electron chi connectivity index (χ4n) is 4.90. The first-order chi connectivity index (χ1) is 16.5. The Morgan fingerprint density at radius 1 is 1.03 bits per heavy atom. The van der Waals surface area contributed by atoms with Crippen molar-refractivity contribution in [3.63, 3.8) is 0 Å². The monoisotopic (exact) mass is 456 g/mol. The SMILES string of the molecule is COC(=O)c1ccc([C@@H]2C3=C(C[C@H](c4ccco4)CC3=O)Nc3ccccc3N2C(C)=O)cc1. The first-order valence-corrected chi connectivity index (χ1v) is 11.1. The highest BCUT2D eigenvalue weighted by atomic mass is 16.5. The van der Waals surface area contributed by atoms with Crippen LogP contribution in [0.5, 0.6) is 0 Å². The number of Topliss-reactive ketones (excluding diaryl/α,β-unsaturated/α-hetero) is 1. The van der Waals surface area contributed by atoms with Gasteiger partial charge in [0, 0.05) is 30.5 Å². The van der Waals surface area contributed by atoms with Crippen molar-refractivity contribution >= 4 is 29.0 Å². The molecule has 2 aromatic carbocycles. The number of benzene rings is 2. The van der Waals surface area contributed by atoms with Crippen LogP contribution in [0, 0.1) is 0 Å². The number of hydrogen-bond acceptors (Lipinski definition) is 6. The quantitative estimate of drug-likeness (QED) is 0.559. The third-order valence-corrected chi connectivity index (χ3v) is 6.42. The van der Waals surface area contributed by atoms with Crippen LogP contribution in [0.15, 0.2) is 82.6 Å². The second-order valence-electron chi connectivity index (χ2n) is 8.48. The molecule has 2 atom stereocenters. The van der Waals surface area contributed by atoms with Crippen molar-refractivity contribution in [3.05, 3.63) is 95.1 Å². The molecule has 7 nitrogen and oxygen atoms in total. The Morgan fingerprint density at radius 2 is 1.79 bits per heavy atom. The Kier molecular flexibility index (Phi) is 5.53. The summed E-state index contributed by atoms with van der Waals surface area (Å²) in [6, 6.07) is 17.5. The predicted octanol–water partition coefficient (Wildman–Crippen LogP) is 4.99. The summed E-state index contributed by atoms with van der Waals surface area (Å²) in [4.78, 5) is 40.3. The van der Waals surface area contributed by atoms with Gasteiger partial charge < -0.3 is 14.5 Å². The van der Waals surface area contributed by atoms with Crippen LogP contribution < -0.4 is 10.2 Å². The zero-order chi connectivity index (χ0) is 23.8. The maximum absolute atomic E-state index is 13.7. The standard InChI is InChI=1S/C27H24N2O5/c1-16(30)29-22-7-4-3-6-20(22)28-21-14-19(24-8-5-13-34-24)15-23(31)25(21)26(29)17-9-11-18(12-10-17)27(32)33-2/h3-13,19,26,28H,14-15H2,1-2H3/t19-,26+/m0/s1. The number of amides is 1. The van der Waals surface area contributed by atoms with Crippen LogP contribution in [-0.4, -0.2) is 24.8 Å². The van der Waals surface area contributed by atoms with Crippen LogP contribution >= 0.6 is 0 Å². The van der Waals surface area contributed by atoms with E-state index in [1.165, 1.54) is 14.0 Å². The number of nitrogens with zero attached hydrogens (tertiary/aromatic N) is 1. The number of carbonyl (C=O) groups excluding carboxylic acids is 3. The van der Waals surface area contributed by atoms with Crippen LogP contribution in [-0.2, 0) is 14.3 Å². The van der Waals surface area contributed by atoms with E-state index in [1.807, 2.05) is 36.4 Å². The Labute approximate surface area is 197 Å². The highest BCUT2D eigenvalue weighted by Crippen LogP contribution is 2.47. The van der Waals surface area contributed by atoms with Gasteiger partial charge in [0.05, 0.1) is 36.4 Å². The van der Waals surface area contributed by atoms with E-state index in [0.29, 0.717) is 23.2 Å². The number of furan rings is 1. The number of methoxy groups -OCH3 is 1. The predicted molar refractivity (Wildman–Crippen MR) is 126 cm³/mol. The number of fused-ring (bicyclic) bond motifs is 1. The molecule has 1 aliphatic heterocycles. The number of ether oxygens (including phenoxy) is 1. The molecule has 0 radical (unpaired) electrons. The van der Waals surface area contributed by atoms with Crippen LogP contribution in [0.3, 0.4) is 0 Å². The molecule has 2 aliphatic rings. The van der Waals surface area contributed by atoms with Crippen molar-refractivity contribution in [1.82, 2.24) is 0 Å². The fraction of sp³-hybridized carbons (Fsp3) is 0.222. The largest absolute Gasteiger partial charge is 0.469 e. The van der Waals surface area contributed by atoms with Crippen molar-refractivity contribution in [3.8, 4) is 0 Å². The average molecular weight is 456 g/mol. The van der Waals surface area contributed by atoms with E-state index < -0.39 is 12.0 Å². The number of hydrogen-bond donors (Lipinski definition) is 1. The molecule has 0 spiro atoms. The van der Waals surface area contributed by atoms with Gasteiger partial charge in [-0.2, -0.15) is 0 Å². The summed E-state index contributed by atoms with van der Waals surface area (Å²) in [6.45, 7) is 1.50. The van der Waals surface area contributed by atoms with Crippen molar-refractivity contribution in [2.75, 3.05) is 17.3 Å². The fourth-order valence-corrected chi connectivity index (χ4v) is 4.90.